The molecular formula is C12H8ClFN2O3S. The van der Waals surface area contributed by atoms with Gasteiger partial charge in [-0.2, -0.15) is 0 Å². The summed E-state index contributed by atoms with van der Waals surface area (Å²) in [5.74, 6) is -0.824. The van der Waals surface area contributed by atoms with Gasteiger partial charge < -0.3 is 5.32 Å². The molecule has 8 heteroatoms. The molecule has 0 aliphatic carbocycles. The molecule has 0 bridgehead atoms. The zero-order chi connectivity index (χ0) is 14.7. The summed E-state index contributed by atoms with van der Waals surface area (Å²) in [7, 11) is 0. The predicted molar refractivity (Wildman–Crippen MR) is 73.6 cm³/mol. The van der Waals surface area contributed by atoms with E-state index < -0.39 is 10.8 Å². The van der Waals surface area contributed by atoms with Crippen LogP contribution in [-0.2, 0) is 6.54 Å². The van der Waals surface area contributed by atoms with E-state index in [-0.39, 0.29) is 27.3 Å². The Bertz CT molecular complexity index is 657. The Hall–Kier alpha value is -1.99. The van der Waals surface area contributed by atoms with Crippen LogP contribution in [0.25, 0.3) is 0 Å². The molecule has 2 aromatic rings. The number of nitro groups is 1. The molecule has 1 aromatic heterocycles. The summed E-state index contributed by atoms with van der Waals surface area (Å²) in [5, 5.41) is 13.2. The average molecular weight is 315 g/mol. The second-order valence-corrected chi connectivity index (χ2v) is 5.49. The summed E-state index contributed by atoms with van der Waals surface area (Å²) in [6.07, 6.45) is 0. The van der Waals surface area contributed by atoms with Crippen LogP contribution in [0.4, 0.5) is 10.1 Å². The molecule has 104 valence electrons. The maximum Gasteiger partial charge on any atom is 0.299 e. The molecule has 2 rings (SSSR count). The summed E-state index contributed by atoms with van der Waals surface area (Å²) in [5.41, 5.74) is 0.431. The quantitative estimate of drug-likeness (QED) is 0.694. The third-order valence-electron chi connectivity index (χ3n) is 2.46. The van der Waals surface area contributed by atoms with Gasteiger partial charge in [-0.3, -0.25) is 14.9 Å². The topological polar surface area (TPSA) is 72.2 Å². The van der Waals surface area contributed by atoms with Gasteiger partial charge in [0.15, 0.2) is 4.34 Å². The Kier molecular flexibility index (Phi) is 4.31. The van der Waals surface area contributed by atoms with E-state index in [1.807, 2.05) is 0 Å². The minimum atomic E-state index is -0.643. The normalized spacial score (nSPS) is 10.3. The molecule has 0 atom stereocenters. The number of amides is 1. The highest BCUT2D eigenvalue weighted by Crippen LogP contribution is 2.33. The van der Waals surface area contributed by atoms with Crippen molar-refractivity contribution in [3.63, 3.8) is 0 Å². The first-order valence-electron chi connectivity index (χ1n) is 5.43. The molecule has 0 unspecified atom stereocenters. The number of thiophene rings is 1. The maximum atomic E-state index is 12.7. The molecule has 0 fully saturated rings. The van der Waals surface area contributed by atoms with Gasteiger partial charge in [0.2, 0.25) is 0 Å². The van der Waals surface area contributed by atoms with Gasteiger partial charge in [0.05, 0.1) is 4.92 Å². The van der Waals surface area contributed by atoms with Crippen LogP contribution < -0.4 is 5.32 Å². The van der Waals surface area contributed by atoms with E-state index >= 15 is 0 Å². The van der Waals surface area contributed by atoms with Crippen molar-refractivity contribution in [3.8, 4) is 0 Å². The lowest BCUT2D eigenvalue weighted by Crippen LogP contribution is -2.21. The molecule has 20 heavy (non-hydrogen) atoms. The molecule has 5 nitrogen and oxygen atoms in total. The van der Waals surface area contributed by atoms with E-state index in [0.717, 1.165) is 23.0 Å². The molecule has 1 heterocycles. The van der Waals surface area contributed by atoms with Crippen LogP contribution >= 0.6 is 22.9 Å². The van der Waals surface area contributed by atoms with Crippen molar-refractivity contribution in [3.05, 3.63) is 61.0 Å². The summed E-state index contributed by atoms with van der Waals surface area (Å²) >= 11 is 6.51. The van der Waals surface area contributed by atoms with Gasteiger partial charge in [0.1, 0.15) is 10.7 Å². The number of nitrogens with one attached hydrogen (secondary N) is 1. The lowest BCUT2D eigenvalue weighted by atomic mass is 10.2. The molecule has 0 saturated heterocycles. The van der Waals surface area contributed by atoms with E-state index in [1.165, 1.54) is 12.1 Å². The fraction of sp³-hybridized carbons (Fsp3) is 0.0833. The minimum Gasteiger partial charge on any atom is -0.347 e. The summed E-state index contributed by atoms with van der Waals surface area (Å²) in [6.45, 7) is 0.197. The first kappa shape index (κ1) is 14.4. The smallest absolute Gasteiger partial charge is 0.299 e. The van der Waals surface area contributed by atoms with E-state index in [0.29, 0.717) is 0 Å². The molecule has 1 aromatic carbocycles. The predicted octanol–water partition coefficient (Wildman–Crippen LogP) is 3.38. The molecule has 0 aliphatic heterocycles. The highest BCUT2D eigenvalue weighted by atomic mass is 35.5. The van der Waals surface area contributed by atoms with E-state index in [2.05, 4.69) is 5.32 Å². The molecule has 0 radical (unpaired) electrons. The van der Waals surface area contributed by atoms with E-state index in [9.17, 15) is 19.3 Å². The van der Waals surface area contributed by atoms with Crippen LogP contribution in [0.1, 0.15) is 15.2 Å². The highest BCUT2D eigenvalue weighted by molar-refractivity contribution is 7.18. The van der Waals surface area contributed by atoms with Crippen molar-refractivity contribution in [2.24, 2.45) is 0 Å². The van der Waals surface area contributed by atoms with Crippen LogP contribution in [0.3, 0.4) is 0 Å². The number of carbonyl (C=O) groups is 1. The Balaban J connectivity index is 2.03. The fourth-order valence-corrected chi connectivity index (χ4v) is 2.61. The molecule has 1 N–H and O–H groups in total. The van der Waals surface area contributed by atoms with Crippen LogP contribution in [-0.4, -0.2) is 10.8 Å². The first-order valence-corrected chi connectivity index (χ1v) is 6.63. The number of carbonyl (C=O) groups excluding carboxylic acids is 1. The molecule has 0 spiro atoms. The Morgan fingerprint density at radius 3 is 2.60 bits per heavy atom. The first-order chi connectivity index (χ1) is 9.47. The van der Waals surface area contributed by atoms with Crippen molar-refractivity contribution < 1.29 is 14.1 Å². The summed E-state index contributed by atoms with van der Waals surface area (Å²) < 4.78 is 12.7. The van der Waals surface area contributed by atoms with Crippen LogP contribution in [0.5, 0.6) is 0 Å². The second-order valence-electron chi connectivity index (χ2n) is 3.84. The standard InChI is InChI=1S/C12H8ClFN2O3S/c13-11-9(16(18)19)5-10(20-11)12(17)15-6-7-1-3-8(14)4-2-7/h1-5H,6H2,(H,15,17). The Morgan fingerprint density at radius 1 is 1.40 bits per heavy atom. The summed E-state index contributed by atoms with van der Waals surface area (Å²) in [6, 6.07) is 6.79. The number of nitrogens with zero attached hydrogens (tertiary/aromatic N) is 1. The zero-order valence-corrected chi connectivity index (χ0v) is 11.5. The Morgan fingerprint density at radius 2 is 2.05 bits per heavy atom. The van der Waals surface area contributed by atoms with Crippen molar-refractivity contribution in [2.75, 3.05) is 0 Å². The number of hydrogen-bond donors (Lipinski definition) is 1. The third kappa shape index (κ3) is 3.31. The monoisotopic (exact) mass is 314 g/mol. The van der Waals surface area contributed by atoms with Gasteiger partial charge in [-0.1, -0.05) is 23.7 Å². The summed E-state index contributed by atoms with van der Waals surface area (Å²) in [4.78, 5) is 22.0. The maximum absolute atomic E-state index is 12.7. The molecule has 0 saturated carbocycles. The van der Waals surface area contributed by atoms with Gasteiger partial charge in [-0.25, -0.2) is 4.39 Å². The average Bonchev–Trinajstić information content (AvgIpc) is 2.80. The van der Waals surface area contributed by atoms with Gasteiger partial charge in [0.25, 0.3) is 11.6 Å². The Labute approximate surface area is 122 Å². The fourth-order valence-electron chi connectivity index (χ4n) is 1.47. The zero-order valence-electron chi connectivity index (χ0n) is 9.93. The van der Waals surface area contributed by atoms with Gasteiger partial charge >= 0.3 is 0 Å². The van der Waals surface area contributed by atoms with E-state index in [4.69, 9.17) is 11.6 Å². The SMILES string of the molecule is O=C(NCc1ccc(F)cc1)c1cc([N+](=O)[O-])c(Cl)s1. The van der Waals surface area contributed by atoms with Crippen molar-refractivity contribution >= 4 is 34.5 Å². The highest BCUT2D eigenvalue weighted by Gasteiger charge is 2.20. The number of hydrogen-bond acceptors (Lipinski definition) is 4. The molecule has 0 aliphatic rings. The van der Waals surface area contributed by atoms with Gasteiger partial charge in [-0.05, 0) is 17.7 Å². The van der Waals surface area contributed by atoms with E-state index in [1.54, 1.807) is 12.1 Å². The molecule has 1 amide bonds. The largest absolute Gasteiger partial charge is 0.347 e. The number of benzene rings is 1. The van der Waals surface area contributed by atoms with Gasteiger partial charge in [-0.15, -0.1) is 11.3 Å². The molecular weight excluding hydrogens is 307 g/mol. The lowest BCUT2D eigenvalue weighted by Gasteiger charge is -2.03. The van der Waals surface area contributed by atoms with Crippen LogP contribution in [0, 0.1) is 15.9 Å². The number of rotatable bonds is 4. The number of halogens is 2. The third-order valence-corrected chi connectivity index (χ3v) is 3.79. The van der Waals surface area contributed by atoms with Crippen molar-refractivity contribution in [1.29, 1.82) is 0 Å². The lowest BCUT2D eigenvalue weighted by molar-refractivity contribution is -0.384. The van der Waals surface area contributed by atoms with Crippen LogP contribution in [0.15, 0.2) is 30.3 Å². The minimum absolute atomic E-state index is 0.0399. The van der Waals surface area contributed by atoms with Crippen LogP contribution in [0.2, 0.25) is 4.34 Å². The van der Waals surface area contributed by atoms with Gasteiger partial charge in [0, 0.05) is 12.6 Å². The van der Waals surface area contributed by atoms with Crippen molar-refractivity contribution in [2.45, 2.75) is 6.54 Å². The second kappa shape index (κ2) is 5.98. The van der Waals surface area contributed by atoms with Crippen molar-refractivity contribution in [1.82, 2.24) is 5.32 Å².